The second-order valence-electron chi connectivity index (χ2n) is 8.28. The van der Waals surface area contributed by atoms with E-state index >= 15 is 0 Å². The van der Waals surface area contributed by atoms with Crippen LogP contribution in [0.25, 0.3) is 6.08 Å². The molecule has 0 unspecified atom stereocenters. The summed E-state index contributed by atoms with van der Waals surface area (Å²) in [5, 5.41) is 13.3. The second kappa shape index (κ2) is 11.6. The molecule has 0 fully saturated rings. The lowest BCUT2D eigenvalue weighted by Crippen LogP contribution is -2.19. The van der Waals surface area contributed by atoms with Gasteiger partial charge in [0.25, 0.3) is 0 Å². The standard InChI is InChI=1S/C28H34N2O5/c1-7-20-8-10-21(11-9-20)17-30-18(2)23(25(19(30)3)28(31)32)16-29-15-14-22-12-13-24(33-4)27(35-6)26(22)34-5/h7-13,29H,1,14-17H2,2-6H3,(H,31,32). The van der Waals surface area contributed by atoms with E-state index in [9.17, 15) is 9.90 Å². The molecule has 2 N–H and O–H groups in total. The fraction of sp³-hybridized carbons (Fsp3) is 0.321. The third kappa shape index (κ3) is 5.52. The Labute approximate surface area is 207 Å². The van der Waals surface area contributed by atoms with Crippen LogP contribution in [0.3, 0.4) is 0 Å². The Morgan fingerprint density at radius 1 is 1.00 bits per heavy atom. The molecule has 0 saturated heterocycles. The number of hydrogen-bond donors (Lipinski definition) is 2. The van der Waals surface area contributed by atoms with Crippen LogP contribution in [-0.2, 0) is 19.5 Å². The molecule has 0 radical (unpaired) electrons. The minimum absolute atomic E-state index is 0.362. The van der Waals surface area contributed by atoms with Gasteiger partial charge in [-0.1, -0.05) is 43.0 Å². The molecule has 1 aromatic heterocycles. The van der Waals surface area contributed by atoms with Crippen molar-refractivity contribution in [3.05, 3.63) is 82.2 Å². The lowest BCUT2D eigenvalue weighted by molar-refractivity contribution is 0.0694. The summed E-state index contributed by atoms with van der Waals surface area (Å²) in [6, 6.07) is 11.9. The summed E-state index contributed by atoms with van der Waals surface area (Å²) in [6.07, 6.45) is 2.49. The van der Waals surface area contributed by atoms with Gasteiger partial charge in [-0.05, 0) is 49.6 Å². The number of nitrogens with zero attached hydrogens (tertiary/aromatic N) is 1. The topological polar surface area (TPSA) is 82.0 Å². The first-order valence-electron chi connectivity index (χ1n) is 11.5. The molecule has 0 aliphatic carbocycles. The number of carbonyl (C=O) groups is 1. The smallest absolute Gasteiger partial charge is 0.337 e. The van der Waals surface area contributed by atoms with Crippen molar-refractivity contribution < 1.29 is 24.1 Å². The van der Waals surface area contributed by atoms with Gasteiger partial charge in [0.1, 0.15) is 0 Å². The molecule has 7 nitrogen and oxygen atoms in total. The number of nitrogens with one attached hydrogen (secondary N) is 1. The van der Waals surface area contributed by atoms with Crippen LogP contribution in [0.2, 0.25) is 0 Å². The number of hydrogen-bond acceptors (Lipinski definition) is 5. The summed E-state index contributed by atoms with van der Waals surface area (Å²) in [5.41, 5.74) is 6.00. The van der Waals surface area contributed by atoms with Crippen LogP contribution in [0.15, 0.2) is 43.0 Å². The molecule has 3 aromatic rings. The molecular weight excluding hydrogens is 444 g/mol. The molecule has 0 saturated carbocycles. The van der Waals surface area contributed by atoms with Gasteiger partial charge in [-0.2, -0.15) is 0 Å². The van der Waals surface area contributed by atoms with Crippen molar-refractivity contribution >= 4 is 12.0 Å². The first kappa shape index (κ1) is 25.9. The Hall–Kier alpha value is -3.71. The van der Waals surface area contributed by atoms with Crippen molar-refractivity contribution in [2.75, 3.05) is 27.9 Å². The van der Waals surface area contributed by atoms with Crippen molar-refractivity contribution in [3.8, 4) is 17.2 Å². The van der Waals surface area contributed by atoms with Crippen molar-refractivity contribution in [2.45, 2.75) is 33.4 Å². The highest BCUT2D eigenvalue weighted by atomic mass is 16.5. The van der Waals surface area contributed by atoms with Crippen LogP contribution in [0.4, 0.5) is 0 Å². The van der Waals surface area contributed by atoms with Gasteiger partial charge in [-0.15, -0.1) is 0 Å². The molecule has 1 heterocycles. The third-order valence-corrected chi connectivity index (χ3v) is 6.34. The van der Waals surface area contributed by atoms with Crippen molar-refractivity contribution in [1.29, 1.82) is 0 Å². The van der Waals surface area contributed by atoms with Crippen LogP contribution in [0, 0.1) is 13.8 Å². The first-order chi connectivity index (χ1) is 16.9. The highest BCUT2D eigenvalue weighted by Gasteiger charge is 2.22. The summed E-state index contributed by atoms with van der Waals surface area (Å²) >= 11 is 0. The van der Waals surface area contributed by atoms with Gasteiger partial charge in [-0.3, -0.25) is 0 Å². The highest BCUT2D eigenvalue weighted by Crippen LogP contribution is 2.39. The predicted octanol–water partition coefficient (Wildman–Crippen LogP) is 4.85. The van der Waals surface area contributed by atoms with Crippen LogP contribution < -0.4 is 19.5 Å². The number of aromatic carboxylic acids is 1. The quantitative estimate of drug-likeness (QED) is 0.362. The third-order valence-electron chi connectivity index (χ3n) is 6.34. The molecule has 0 amide bonds. The van der Waals surface area contributed by atoms with E-state index < -0.39 is 5.97 Å². The fourth-order valence-corrected chi connectivity index (χ4v) is 4.42. The highest BCUT2D eigenvalue weighted by molar-refractivity contribution is 5.91. The van der Waals surface area contributed by atoms with Crippen molar-refractivity contribution in [1.82, 2.24) is 9.88 Å². The molecular formula is C28H34N2O5. The molecule has 0 bridgehead atoms. The minimum Gasteiger partial charge on any atom is -0.493 e. The van der Waals surface area contributed by atoms with Crippen LogP contribution in [0.1, 0.15) is 44.0 Å². The maximum atomic E-state index is 12.1. The normalized spacial score (nSPS) is 10.8. The van der Waals surface area contributed by atoms with Gasteiger partial charge in [0, 0.05) is 30.0 Å². The second-order valence-corrected chi connectivity index (χ2v) is 8.28. The predicted molar refractivity (Wildman–Crippen MR) is 138 cm³/mol. The molecule has 3 rings (SSSR count). The molecule has 0 aliphatic rings. The molecule has 0 aliphatic heterocycles. The van der Waals surface area contributed by atoms with Crippen LogP contribution >= 0.6 is 0 Å². The SMILES string of the molecule is C=Cc1ccc(Cn2c(C)c(CNCCc3ccc(OC)c(OC)c3OC)c(C(=O)O)c2C)cc1. The number of aromatic nitrogens is 1. The van der Waals surface area contributed by atoms with E-state index in [4.69, 9.17) is 14.2 Å². The van der Waals surface area contributed by atoms with E-state index in [1.165, 1.54) is 0 Å². The van der Waals surface area contributed by atoms with Gasteiger partial charge in [0.15, 0.2) is 11.5 Å². The molecule has 35 heavy (non-hydrogen) atoms. The molecule has 2 aromatic carbocycles. The zero-order valence-corrected chi connectivity index (χ0v) is 21.1. The van der Waals surface area contributed by atoms with Crippen molar-refractivity contribution in [2.24, 2.45) is 0 Å². The number of carboxylic acid groups (broad SMARTS) is 1. The Balaban J connectivity index is 1.76. The lowest BCUT2D eigenvalue weighted by atomic mass is 10.1. The first-order valence-corrected chi connectivity index (χ1v) is 11.5. The largest absolute Gasteiger partial charge is 0.493 e. The van der Waals surface area contributed by atoms with Gasteiger partial charge in [0.05, 0.1) is 26.9 Å². The van der Waals surface area contributed by atoms with E-state index in [0.29, 0.717) is 48.9 Å². The van der Waals surface area contributed by atoms with E-state index in [0.717, 1.165) is 33.6 Å². The number of benzene rings is 2. The van der Waals surface area contributed by atoms with Gasteiger partial charge >= 0.3 is 5.97 Å². The summed E-state index contributed by atoms with van der Waals surface area (Å²) in [7, 11) is 4.78. The fourth-order valence-electron chi connectivity index (χ4n) is 4.42. The van der Waals surface area contributed by atoms with E-state index in [1.807, 2.05) is 50.2 Å². The number of carboxylic acids is 1. The number of rotatable bonds is 12. The van der Waals surface area contributed by atoms with Crippen molar-refractivity contribution in [3.63, 3.8) is 0 Å². The zero-order valence-electron chi connectivity index (χ0n) is 21.1. The van der Waals surface area contributed by atoms with E-state index in [1.54, 1.807) is 27.4 Å². The van der Waals surface area contributed by atoms with E-state index in [-0.39, 0.29) is 0 Å². The Kier molecular flexibility index (Phi) is 8.60. The average molecular weight is 479 g/mol. The Morgan fingerprint density at radius 3 is 2.26 bits per heavy atom. The molecule has 7 heteroatoms. The summed E-state index contributed by atoms with van der Waals surface area (Å²) in [5.74, 6) is 0.898. The van der Waals surface area contributed by atoms with Gasteiger partial charge in [0.2, 0.25) is 5.75 Å². The van der Waals surface area contributed by atoms with Crippen LogP contribution in [-0.4, -0.2) is 43.5 Å². The molecule has 0 spiro atoms. The maximum absolute atomic E-state index is 12.1. The Morgan fingerprint density at radius 2 is 1.69 bits per heavy atom. The number of ether oxygens (including phenoxy) is 3. The number of methoxy groups -OCH3 is 3. The maximum Gasteiger partial charge on any atom is 0.337 e. The average Bonchev–Trinajstić information content (AvgIpc) is 3.10. The monoisotopic (exact) mass is 478 g/mol. The zero-order chi connectivity index (χ0) is 25.5. The van der Waals surface area contributed by atoms with Gasteiger partial charge in [-0.25, -0.2) is 4.79 Å². The van der Waals surface area contributed by atoms with E-state index in [2.05, 4.69) is 16.5 Å². The lowest BCUT2D eigenvalue weighted by Gasteiger charge is -2.16. The summed E-state index contributed by atoms with van der Waals surface area (Å²) < 4.78 is 18.5. The molecule has 186 valence electrons. The summed E-state index contributed by atoms with van der Waals surface area (Å²) in [4.78, 5) is 12.1. The van der Waals surface area contributed by atoms with Crippen LogP contribution in [0.5, 0.6) is 17.2 Å². The Bertz CT molecular complexity index is 1200. The van der Waals surface area contributed by atoms with Gasteiger partial charge < -0.3 is 29.2 Å². The minimum atomic E-state index is -0.912. The molecule has 0 atom stereocenters. The summed E-state index contributed by atoms with van der Waals surface area (Å²) in [6.45, 7) is 9.33.